The average Bonchev–Trinajstić information content (AvgIpc) is 2.31. The van der Waals surface area contributed by atoms with Crippen LogP contribution in [0.3, 0.4) is 0 Å². The van der Waals surface area contributed by atoms with Crippen molar-refractivity contribution < 1.29 is 4.74 Å². The van der Waals surface area contributed by atoms with E-state index in [0.717, 1.165) is 18.7 Å². The monoisotopic (exact) mass is 233 g/mol. The van der Waals surface area contributed by atoms with Gasteiger partial charge in [0.15, 0.2) is 0 Å². The highest BCUT2D eigenvalue weighted by atomic mass is 16.5. The molecule has 17 heavy (non-hydrogen) atoms. The summed E-state index contributed by atoms with van der Waals surface area (Å²) in [5.41, 5.74) is 4.12. The van der Waals surface area contributed by atoms with Gasteiger partial charge in [-0.3, -0.25) is 0 Å². The van der Waals surface area contributed by atoms with Gasteiger partial charge >= 0.3 is 0 Å². The Morgan fingerprint density at radius 2 is 1.82 bits per heavy atom. The van der Waals surface area contributed by atoms with Crippen LogP contribution in [0.25, 0.3) is 0 Å². The molecular formula is C15H23NO. The smallest absolute Gasteiger partial charge is 0.143 e. The molecule has 0 fully saturated rings. The molecule has 2 heteroatoms. The van der Waals surface area contributed by atoms with E-state index >= 15 is 0 Å². The van der Waals surface area contributed by atoms with Gasteiger partial charge in [0.2, 0.25) is 0 Å². The molecule has 0 aromatic heterocycles. The van der Waals surface area contributed by atoms with Crippen molar-refractivity contribution in [1.82, 2.24) is 0 Å². The Bertz CT molecular complexity index is 387. The first-order chi connectivity index (χ1) is 8.24. The molecule has 1 aliphatic heterocycles. The van der Waals surface area contributed by atoms with Crippen LogP contribution < -0.4 is 10.1 Å². The summed E-state index contributed by atoms with van der Waals surface area (Å²) in [5, 5.41) is 3.46. The predicted molar refractivity (Wildman–Crippen MR) is 73.0 cm³/mol. The molecule has 1 unspecified atom stereocenters. The van der Waals surface area contributed by atoms with Crippen LogP contribution in [0.5, 0.6) is 5.75 Å². The molecule has 0 aliphatic carbocycles. The molecule has 0 bridgehead atoms. The molecule has 0 saturated carbocycles. The first kappa shape index (κ1) is 12.3. The number of hydrogen-bond acceptors (Lipinski definition) is 2. The average molecular weight is 233 g/mol. The Morgan fingerprint density at radius 3 is 2.47 bits per heavy atom. The highest BCUT2D eigenvalue weighted by Crippen LogP contribution is 2.33. The standard InChI is InChI=1S/C15H23NO/c1-4-6-12-8-14-15(9-13(12)7-5-2)17-11(3)10-16-14/h8-9,11,16H,4-7,10H2,1-3H3. The summed E-state index contributed by atoms with van der Waals surface area (Å²) < 4.78 is 5.89. The third-order valence-corrected chi connectivity index (χ3v) is 3.25. The second kappa shape index (κ2) is 5.44. The summed E-state index contributed by atoms with van der Waals surface area (Å²) in [6, 6.07) is 4.53. The van der Waals surface area contributed by atoms with E-state index in [0.29, 0.717) is 0 Å². The van der Waals surface area contributed by atoms with Crippen LogP contribution in [0.4, 0.5) is 5.69 Å². The summed E-state index contributed by atoms with van der Waals surface area (Å²) in [6.07, 6.45) is 4.99. The van der Waals surface area contributed by atoms with Gasteiger partial charge in [0.05, 0.1) is 12.2 Å². The maximum absolute atomic E-state index is 5.89. The fourth-order valence-electron chi connectivity index (χ4n) is 2.42. The Kier molecular flexibility index (Phi) is 3.93. The lowest BCUT2D eigenvalue weighted by Crippen LogP contribution is -2.27. The van der Waals surface area contributed by atoms with Crippen molar-refractivity contribution in [1.29, 1.82) is 0 Å². The number of fused-ring (bicyclic) bond motifs is 1. The van der Waals surface area contributed by atoms with E-state index in [1.807, 2.05) is 0 Å². The zero-order valence-electron chi connectivity index (χ0n) is 11.2. The molecular weight excluding hydrogens is 210 g/mol. The molecule has 2 nitrogen and oxygen atoms in total. The van der Waals surface area contributed by atoms with E-state index in [9.17, 15) is 0 Å². The van der Waals surface area contributed by atoms with E-state index in [1.54, 1.807) is 0 Å². The lowest BCUT2D eigenvalue weighted by atomic mass is 9.97. The number of rotatable bonds is 4. The lowest BCUT2D eigenvalue weighted by Gasteiger charge is -2.26. The van der Waals surface area contributed by atoms with Crippen molar-refractivity contribution in [2.24, 2.45) is 0 Å². The molecule has 1 aromatic carbocycles. The zero-order valence-corrected chi connectivity index (χ0v) is 11.2. The third kappa shape index (κ3) is 2.74. The normalized spacial score (nSPS) is 18.2. The molecule has 0 saturated heterocycles. The number of anilines is 1. The van der Waals surface area contributed by atoms with Crippen molar-refractivity contribution in [3.63, 3.8) is 0 Å². The van der Waals surface area contributed by atoms with Crippen LogP contribution in [-0.2, 0) is 12.8 Å². The summed E-state index contributed by atoms with van der Waals surface area (Å²) in [5.74, 6) is 1.03. The molecule has 0 spiro atoms. The third-order valence-electron chi connectivity index (χ3n) is 3.25. The van der Waals surface area contributed by atoms with Gasteiger partial charge in [-0.2, -0.15) is 0 Å². The number of benzene rings is 1. The minimum Gasteiger partial charge on any atom is -0.487 e. The van der Waals surface area contributed by atoms with Crippen LogP contribution in [0.15, 0.2) is 12.1 Å². The van der Waals surface area contributed by atoms with Crippen LogP contribution in [0.2, 0.25) is 0 Å². The highest BCUT2D eigenvalue weighted by Gasteiger charge is 2.17. The number of nitrogens with one attached hydrogen (secondary N) is 1. The van der Waals surface area contributed by atoms with Gasteiger partial charge in [0.1, 0.15) is 11.9 Å². The molecule has 1 aromatic rings. The van der Waals surface area contributed by atoms with E-state index in [1.165, 1.54) is 36.1 Å². The Labute approximate surface area is 104 Å². The Hall–Kier alpha value is -1.18. The molecule has 0 radical (unpaired) electrons. The number of aryl methyl sites for hydroxylation is 2. The maximum atomic E-state index is 5.89. The van der Waals surface area contributed by atoms with Gasteiger partial charge in [0, 0.05) is 0 Å². The van der Waals surface area contributed by atoms with E-state index in [2.05, 4.69) is 38.2 Å². The van der Waals surface area contributed by atoms with Crippen LogP contribution in [0.1, 0.15) is 44.7 Å². The minimum absolute atomic E-state index is 0.272. The summed E-state index contributed by atoms with van der Waals surface area (Å²) in [7, 11) is 0. The van der Waals surface area contributed by atoms with Gasteiger partial charge in [-0.05, 0) is 43.0 Å². The predicted octanol–water partition coefficient (Wildman–Crippen LogP) is 3.78. The second-order valence-electron chi connectivity index (χ2n) is 4.93. The molecule has 1 atom stereocenters. The number of hydrogen-bond donors (Lipinski definition) is 1. The van der Waals surface area contributed by atoms with Gasteiger partial charge in [-0.25, -0.2) is 0 Å². The quantitative estimate of drug-likeness (QED) is 0.854. The second-order valence-corrected chi connectivity index (χ2v) is 4.93. The van der Waals surface area contributed by atoms with Crippen LogP contribution >= 0.6 is 0 Å². The van der Waals surface area contributed by atoms with E-state index in [4.69, 9.17) is 4.74 Å². The highest BCUT2D eigenvalue weighted by molar-refractivity contribution is 5.61. The molecule has 0 amide bonds. The number of ether oxygens (including phenoxy) is 1. The SMILES string of the molecule is CCCc1cc2c(cc1CCC)OC(C)CN2. The van der Waals surface area contributed by atoms with Crippen LogP contribution in [-0.4, -0.2) is 12.6 Å². The largest absolute Gasteiger partial charge is 0.487 e. The first-order valence-electron chi connectivity index (χ1n) is 6.80. The van der Waals surface area contributed by atoms with Crippen molar-refractivity contribution in [2.75, 3.05) is 11.9 Å². The summed E-state index contributed by atoms with van der Waals surface area (Å²) >= 11 is 0. The van der Waals surface area contributed by atoms with Crippen molar-refractivity contribution in [2.45, 2.75) is 52.6 Å². The van der Waals surface area contributed by atoms with Gasteiger partial charge in [-0.1, -0.05) is 26.7 Å². The van der Waals surface area contributed by atoms with E-state index in [-0.39, 0.29) is 6.10 Å². The molecule has 94 valence electrons. The Morgan fingerprint density at radius 1 is 1.18 bits per heavy atom. The van der Waals surface area contributed by atoms with Gasteiger partial charge in [0.25, 0.3) is 0 Å². The van der Waals surface area contributed by atoms with Crippen molar-refractivity contribution in [3.8, 4) is 5.75 Å². The first-order valence-corrected chi connectivity index (χ1v) is 6.80. The van der Waals surface area contributed by atoms with Crippen molar-refractivity contribution >= 4 is 5.69 Å². The maximum Gasteiger partial charge on any atom is 0.143 e. The molecule has 1 aliphatic rings. The van der Waals surface area contributed by atoms with Crippen LogP contribution in [0, 0.1) is 0 Å². The van der Waals surface area contributed by atoms with Gasteiger partial charge < -0.3 is 10.1 Å². The summed E-state index contributed by atoms with van der Waals surface area (Å²) in [6.45, 7) is 7.49. The van der Waals surface area contributed by atoms with Gasteiger partial charge in [-0.15, -0.1) is 0 Å². The fraction of sp³-hybridized carbons (Fsp3) is 0.600. The Balaban J connectivity index is 2.33. The molecule has 1 heterocycles. The fourth-order valence-corrected chi connectivity index (χ4v) is 2.42. The zero-order chi connectivity index (χ0) is 12.3. The summed E-state index contributed by atoms with van der Waals surface area (Å²) in [4.78, 5) is 0. The van der Waals surface area contributed by atoms with Crippen molar-refractivity contribution in [3.05, 3.63) is 23.3 Å². The molecule has 1 N–H and O–H groups in total. The topological polar surface area (TPSA) is 21.3 Å². The van der Waals surface area contributed by atoms with E-state index < -0.39 is 0 Å². The molecule has 2 rings (SSSR count). The minimum atomic E-state index is 0.272. The lowest BCUT2D eigenvalue weighted by molar-refractivity contribution is 0.226.